The number of carbonyl (C=O) groups is 1. The average Bonchev–Trinajstić information content (AvgIpc) is 2.95. The Morgan fingerprint density at radius 1 is 1.28 bits per heavy atom. The molecule has 1 fully saturated rings. The summed E-state index contributed by atoms with van der Waals surface area (Å²) in [5.41, 5.74) is -1.78. The minimum Gasteiger partial charge on any atom is -0.481 e. The molecule has 1 saturated carbocycles. The van der Waals surface area contributed by atoms with Crippen LogP contribution in [-0.4, -0.2) is 11.1 Å². The molecule has 0 radical (unpaired) electrons. The van der Waals surface area contributed by atoms with Crippen molar-refractivity contribution in [3.63, 3.8) is 0 Å². The van der Waals surface area contributed by atoms with Crippen molar-refractivity contribution >= 4 is 5.97 Å². The van der Waals surface area contributed by atoms with E-state index in [0.717, 1.165) is 12.1 Å². The van der Waals surface area contributed by atoms with Gasteiger partial charge in [-0.05, 0) is 36.6 Å². The summed E-state index contributed by atoms with van der Waals surface area (Å²) < 4.78 is 50.8. The van der Waals surface area contributed by atoms with Crippen molar-refractivity contribution in [3.8, 4) is 0 Å². The number of alkyl halides is 3. The highest BCUT2D eigenvalue weighted by molar-refractivity contribution is 5.70. The molecule has 1 aromatic rings. The summed E-state index contributed by atoms with van der Waals surface area (Å²) in [5.74, 6) is -2.08. The molecule has 0 unspecified atom stereocenters. The number of rotatable bonds is 3. The average molecular weight is 262 g/mol. The standard InChI is InChI=1S/C12H10F4O2/c13-9-4-7(3-8(5-9)12(14,15)16)11(1-2-11)6-10(17)18/h3-5H,1-2,6H2,(H,17,18). The first-order chi connectivity index (χ1) is 8.23. The summed E-state index contributed by atoms with van der Waals surface area (Å²) in [5, 5.41) is 8.73. The highest BCUT2D eigenvalue weighted by atomic mass is 19.4. The monoisotopic (exact) mass is 262 g/mol. The largest absolute Gasteiger partial charge is 0.481 e. The SMILES string of the molecule is O=C(O)CC1(c2cc(F)cc(C(F)(F)F)c2)CC1. The quantitative estimate of drug-likeness (QED) is 0.848. The van der Waals surface area contributed by atoms with Crippen LogP contribution in [-0.2, 0) is 16.4 Å². The Bertz CT molecular complexity index is 489. The highest BCUT2D eigenvalue weighted by Gasteiger charge is 2.47. The van der Waals surface area contributed by atoms with Gasteiger partial charge in [-0.25, -0.2) is 4.39 Å². The van der Waals surface area contributed by atoms with E-state index in [2.05, 4.69) is 0 Å². The molecule has 6 heteroatoms. The Hall–Kier alpha value is -1.59. The summed E-state index contributed by atoms with van der Waals surface area (Å²) in [4.78, 5) is 10.7. The van der Waals surface area contributed by atoms with E-state index in [1.165, 1.54) is 0 Å². The Balaban J connectivity index is 2.40. The molecular formula is C12H10F4O2. The van der Waals surface area contributed by atoms with Crippen LogP contribution in [0.2, 0.25) is 0 Å². The van der Waals surface area contributed by atoms with Gasteiger partial charge in [0.2, 0.25) is 0 Å². The van der Waals surface area contributed by atoms with Crippen molar-refractivity contribution in [2.75, 3.05) is 0 Å². The lowest BCUT2D eigenvalue weighted by Gasteiger charge is -2.16. The van der Waals surface area contributed by atoms with Gasteiger partial charge in [0, 0.05) is 5.41 Å². The molecule has 98 valence electrons. The minimum atomic E-state index is -4.63. The molecular weight excluding hydrogens is 252 g/mol. The van der Waals surface area contributed by atoms with Gasteiger partial charge in [0.25, 0.3) is 0 Å². The lowest BCUT2D eigenvalue weighted by atomic mass is 9.91. The second kappa shape index (κ2) is 3.96. The molecule has 18 heavy (non-hydrogen) atoms. The van der Waals surface area contributed by atoms with Crippen LogP contribution in [0.1, 0.15) is 30.4 Å². The molecule has 2 rings (SSSR count). The molecule has 2 nitrogen and oxygen atoms in total. The van der Waals surface area contributed by atoms with Crippen molar-refractivity contribution in [2.24, 2.45) is 0 Å². The van der Waals surface area contributed by atoms with E-state index in [1.807, 2.05) is 0 Å². The molecule has 1 N–H and O–H groups in total. The van der Waals surface area contributed by atoms with Gasteiger partial charge in [-0.15, -0.1) is 0 Å². The maximum Gasteiger partial charge on any atom is 0.416 e. The van der Waals surface area contributed by atoms with E-state index in [1.54, 1.807) is 0 Å². The first kappa shape index (κ1) is 12.9. The maximum absolute atomic E-state index is 13.2. The summed E-state index contributed by atoms with van der Waals surface area (Å²) in [7, 11) is 0. The van der Waals surface area contributed by atoms with E-state index in [0.29, 0.717) is 18.9 Å². The van der Waals surface area contributed by atoms with E-state index < -0.39 is 28.9 Å². The van der Waals surface area contributed by atoms with Crippen LogP contribution in [0.15, 0.2) is 18.2 Å². The fourth-order valence-corrected chi connectivity index (χ4v) is 2.07. The van der Waals surface area contributed by atoms with Crippen LogP contribution in [0.3, 0.4) is 0 Å². The second-order valence-corrected chi connectivity index (χ2v) is 4.58. The molecule has 0 aliphatic heterocycles. The van der Waals surface area contributed by atoms with Crippen molar-refractivity contribution in [2.45, 2.75) is 30.9 Å². The van der Waals surface area contributed by atoms with Crippen molar-refractivity contribution in [1.29, 1.82) is 0 Å². The predicted molar refractivity (Wildman–Crippen MR) is 54.6 cm³/mol. The number of halogens is 4. The molecule has 0 bridgehead atoms. The zero-order chi connectivity index (χ0) is 13.6. The van der Waals surface area contributed by atoms with Crippen LogP contribution in [0.4, 0.5) is 17.6 Å². The summed E-state index contributed by atoms with van der Waals surface area (Å²) in [6, 6.07) is 2.25. The van der Waals surface area contributed by atoms with Gasteiger partial charge in [-0.3, -0.25) is 4.79 Å². The first-order valence-electron chi connectivity index (χ1n) is 5.33. The highest BCUT2D eigenvalue weighted by Crippen LogP contribution is 2.51. The third kappa shape index (κ3) is 2.47. The Morgan fingerprint density at radius 2 is 1.89 bits per heavy atom. The molecule has 0 spiro atoms. The molecule has 0 amide bonds. The van der Waals surface area contributed by atoms with E-state index in [4.69, 9.17) is 5.11 Å². The summed E-state index contributed by atoms with van der Waals surface area (Å²) in [6.07, 6.45) is -3.95. The zero-order valence-electron chi connectivity index (χ0n) is 9.22. The fraction of sp³-hybridized carbons (Fsp3) is 0.417. The topological polar surface area (TPSA) is 37.3 Å². The lowest BCUT2D eigenvalue weighted by Crippen LogP contribution is -2.15. The third-order valence-corrected chi connectivity index (χ3v) is 3.18. The molecule has 1 aliphatic rings. The van der Waals surface area contributed by atoms with Gasteiger partial charge in [-0.1, -0.05) is 0 Å². The summed E-state index contributed by atoms with van der Waals surface area (Å²) in [6.45, 7) is 0. The lowest BCUT2D eigenvalue weighted by molar-refractivity contribution is -0.138. The molecule has 0 heterocycles. The maximum atomic E-state index is 13.2. The van der Waals surface area contributed by atoms with Crippen molar-refractivity contribution in [3.05, 3.63) is 35.1 Å². The first-order valence-corrected chi connectivity index (χ1v) is 5.33. The number of carboxylic acids is 1. The second-order valence-electron chi connectivity index (χ2n) is 4.58. The van der Waals surface area contributed by atoms with Crippen LogP contribution in [0, 0.1) is 5.82 Å². The normalized spacial score (nSPS) is 17.6. The Morgan fingerprint density at radius 3 is 2.33 bits per heavy atom. The number of hydrogen-bond acceptors (Lipinski definition) is 1. The fourth-order valence-electron chi connectivity index (χ4n) is 2.07. The van der Waals surface area contributed by atoms with E-state index >= 15 is 0 Å². The van der Waals surface area contributed by atoms with Crippen LogP contribution >= 0.6 is 0 Å². The van der Waals surface area contributed by atoms with Gasteiger partial charge in [0.1, 0.15) is 5.82 Å². The van der Waals surface area contributed by atoms with Crippen LogP contribution in [0.25, 0.3) is 0 Å². The number of carboxylic acid groups (broad SMARTS) is 1. The van der Waals surface area contributed by atoms with Gasteiger partial charge in [0.05, 0.1) is 12.0 Å². The third-order valence-electron chi connectivity index (χ3n) is 3.18. The van der Waals surface area contributed by atoms with E-state index in [9.17, 15) is 22.4 Å². The van der Waals surface area contributed by atoms with Gasteiger partial charge in [-0.2, -0.15) is 13.2 Å². The Labute approximate surface area is 100 Å². The Kier molecular flexibility index (Phi) is 2.83. The minimum absolute atomic E-state index is 0.122. The van der Waals surface area contributed by atoms with E-state index in [-0.39, 0.29) is 12.0 Å². The van der Waals surface area contributed by atoms with Crippen molar-refractivity contribution in [1.82, 2.24) is 0 Å². The zero-order valence-corrected chi connectivity index (χ0v) is 9.22. The predicted octanol–water partition coefficient (Wildman–Crippen LogP) is 3.35. The number of aliphatic carboxylic acids is 1. The van der Waals surface area contributed by atoms with Gasteiger partial charge in [0.15, 0.2) is 0 Å². The molecule has 0 saturated heterocycles. The number of hydrogen-bond donors (Lipinski definition) is 1. The molecule has 1 aliphatic carbocycles. The van der Waals surface area contributed by atoms with Crippen LogP contribution in [0.5, 0.6) is 0 Å². The summed E-state index contributed by atoms with van der Waals surface area (Å²) >= 11 is 0. The van der Waals surface area contributed by atoms with Gasteiger partial charge >= 0.3 is 12.1 Å². The molecule has 0 atom stereocenters. The molecule has 0 aromatic heterocycles. The number of benzene rings is 1. The van der Waals surface area contributed by atoms with Crippen molar-refractivity contribution < 1.29 is 27.5 Å². The van der Waals surface area contributed by atoms with Gasteiger partial charge < -0.3 is 5.11 Å². The molecule has 1 aromatic carbocycles. The smallest absolute Gasteiger partial charge is 0.416 e. The van der Waals surface area contributed by atoms with Crippen LogP contribution < -0.4 is 0 Å².